The Bertz CT molecular complexity index is 1740. The Morgan fingerprint density at radius 1 is 1.09 bits per heavy atom. The van der Waals surface area contributed by atoms with E-state index in [9.17, 15) is 21.6 Å². The van der Waals surface area contributed by atoms with Gasteiger partial charge in [0.05, 0.1) is 10.3 Å². The zero-order valence-electron chi connectivity index (χ0n) is 23.7. The zero-order valence-corrected chi connectivity index (χ0v) is 25.3. The van der Waals surface area contributed by atoms with Crippen LogP contribution in [0.4, 0.5) is 32.9 Å². The second-order valence-corrected chi connectivity index (χ2v) is 13.6. The minimum absolute atomic E-state index is 0.00893. The van der Waals surface area contributed by atoms with Gasteiger partial charge in [-0.2, -0.15) is 13.2 Å². The molecule has 5 rings (SSSR count). The van der Waals surface area contributed by atoms with E-state index >= 15 is 8.78 Å². The predicted molar refractivity (Wildman–Crippen MR) is 156 cm³/mol. The summed E-state index contributed by atoms with van der Waals surface area (Å²) < 4.78 is 107. The van der Waals surface area contributed by atoms with Gasteiger partial charge in [0, 0.05) is 48.6 Å². The largest absolute Gasteiger partial charge is 0.476 e. The molecule has 4 aromatic rings. The maximum atomic E-state index is 15.7. The molecule has 0 atom stereocenters. The summed E-state index contributed by atoms with van der Waals surface area (Å²) in [5.74, 6) is -3.07. The molecule has 44 heavy (non-hydrogen) atoms. The quantitative estimate of drug-likeness (QED) is 0.223. The third-order valence-corrected chi connectivity index (χ3v) is 9.47. The van der Waals surface area contributed by atoms with Crippen molar-refractivity contribution in [1.82, 2.24) is 19.7 Å². The van der Waals surface area contributed by atoms with Crippen molar-refractivity contribution >= 4 is 32.3 Å². The Hall–Kier alpha value is -3.79. The monoisotopic (exact) mass is 656 g/mol. The Kier molecular flexibility index (Phi) is 8.59. The summed E-state index contributed by atoms with van der Waals surface area (Å²) in [6.07, 6.45) is -0.938. The average Bonchev–Trinajstić information content (AvgIpc) is 3.60. The molecule has 3 aromatic heterocycles. The number of halogens is 5. The molecule has 9 nitrogen and oxygen atoms in total. The van der Waals surface area contributed by atoms with Gasteiger partial charge in [0.2, 0.25) is 5.88 Å². The minimum atomic E-state index is -4.52. The number of ether oxygens (including phenoxy) is 1. The van der Waals surface area contributed by atoms with Crippen LogP contribution >= 0.6 is 11.3 Å². The van der Waals surface area contributed by atoms with Crippen molar-refractivity contribution in [2.75, 3.05) is 23.2 Å². The summed E-state index contributed by atoms with van der Waals surface area (Å²) in [6, 6.07) is 9.80. The zero-order chi connectivity index (χ0) is 31.8. The van der Waals surface area contributed by atoms with E-state index in [1.54, 1.807) is 6.07 Å². The highest BCUT2D eigenvalue weighted by Gasteiger charge is 2.48. The van der Waals surface area contributed by atoms with Gasteiger partial charge in [-0.25, -0.2) is 31.8 Å². The van der Waals surface area contributed by atoms with E-state index in [4.69, 9.17) is 4.74 Å². The highest BCUT2D eigenvalue weighted by molar-refractivity contribution is 7.93. The normalized spacial score (nSPS) is 17.1. The van der Waals surface area contributed by atoms with Crippen molar-refractivity contribution in [3.63, 3.8) is 0 Å². The van der Waals surface area contributed by atoms with Gasteiger partial charge in [-0.05, 0) is 32.8 Å². The molecule has 0 amide bonds. The molecule has 236 valence electrons. The van der Waals surface area contributed by atoms with E-state index in [1.807, 2.05) is 0 Å². The fraction of sp³-hybridized carbons (Fsp3) is 0.393. The van der Waals surface area contributed by atoms with E-state index in [-0.39, 0.29) is 44.1 Å². The number of nitrogens with zero attached hydrogens (tertiary/aromatic N) is 4. The summed E-state index contributed by atoms with van der Waals surface area (Å²) >= 11 is 0.816. The number of fused-ring (bicyclic) bond motifs is 6. The van der Waals surface area contributed by atoms with Gasteiger partial charge < -0.3 is 10.1 Å². The Balaban J connectivity index is 1.59. The van der Waals surface area contributed by atoms with Gasteiger partial charge in [0.15, 0.2) is 5.13 Å². The van der Waals surface area contributed by atoms with Crippen LogP contribution in [-0.4, -0.2) is 47.5 Å². The van der Waals surface area contributed by atoms with E-state index in [0.717, 1.165) is 25.2 Å². The predicted octanol–water partition coefficient (Wildman–Crippen LogP) is 7.24. The molecule has 0 aliphatic carbocycles. The molecule has 0 radical (unpaired) electrons. The number of thiazole rings is 1. The molecule has 4 heterocycles. The smallest absolute Gasteiger partial charge is 0.397 e. The van der Waals surface area contributed by atoms with Crippen LogP contribution in [0.1, 0.15) is 45.1 Å². The van der Waals surface area contributed by atoms with Crippen molar-refractivity contribution in [2.45, 2.75) is 56.5 Å². The average molecular weight is 657 g/mol. The lowest BCUT2D eigenvalue weighted by Crippen LogP contribution is -2.37. The van der Waals surface area contributed by atoms with Gasteiger partial charge in [-0.3, -0.25) is 4.72 Å². The lowest BCUT2D eigenvalue weighted by Gasteiger charge is -2.26. The number of sulfonamides is 1. The first kappa shape index (κ1) is 31.6. The minimum Gasteiger partial charge on any atom is -0.476 e. The van der Waals surface area contributed by atoms with Crippen molar-refractivity contribution in [3.8, 4) is 22.1 Å². The number of pyridine rings is 1. The van der Waals surface area contributed by atoms with Gasteiger partial charge in [-0.15, -0.1) is 5.10 Å². The molecule has 0 spiro atoms. The van der Waals surface area contributed by atoms with Crippen LogP contribution in [0.15, 0.2) is 59.8 Å². The van der Waals surface area contributed by atoms with Crippen LogP contribution in [-0.2, 0) is 15.9 Å². The Labute approximate surface area is 254 Å². The maximum absolute atomic E-state index is 15.7. The number of hydrogen-bond acceptors (Lipinski definition) is 8. The molecular formula is C28H29F5N6O3S2. The summed E-state index contributed by atoms with van der Waals surface area (Å²) in [7, 11) is -4.19. The fourth-order valence-electron chi connectivity index (χ4n) is 4.38. The van der Waals surface area contributed by atoms with E-state index in [2.05, 4.69) is 25.1 Å². The van der Waals surface area contributed by atoms with Crippen molar-refractivity contribution in [3.05, 3.63) is 60.4 Å². The SMILES string of the molecule is CC(C)(COc1ccn(-c2sc3nc2-c2ccccc2C(F)(F)CCCCCNc2cc(ccn2)S(=O)(=O)N3)n1)C(F)(F)F. The molecule has 2 N–H and O–H groups in total. The van der Waals surface area contributed by atoms with E-state index < -0.39 is 40.6 Å². The van der Waals surface area contributed by atoms with Crippen LogP contribution in [0.3, 0.4) is 0 Å². The molecule has 0 saturated heterocycles. The van der Waals surface area contributed by atoms with Gasteiger partial charge >= 0.3 is 6.18 Å². The van der Waals surface area contributed by atoms with Crippen LogP contribution in [0, 0.1) is 5.41 Å². The fourth-order valence-corrected chi connectivity index (χ4v) is 6.54. The first-order valence-electron chi connectivity index (χ1n) is 13.6. The van der Waals surface area contributed by atoms with Gasteiger partial charge in [0.25, 0.3) is 15.9 Å². The number of rotatable bonds is 4. The van der Waals surface area contributed by atoms with E-state index in [0.29, 0.717) is 25.2 Å². The second-order valence-electron chi connectivity index (χ2n) is 10.9. The molecule has 1 aliphatic heterocycles. The number of aromatic nitrogens is 4. The third-order valence-electron chi connectivity index (χ3n) is 7.04. The number of benzene rings is 1. The maximum Gasteiger partial charge on any atom is 0.397 e. The summed E-state index contributed by atoms with van der Waals surface area (Å²) in [6.45, 7) is 1.69. The number of anilines is 2. The van der Waals surface area contributed by atoms with Crippen LogP contribution < -0.4 is 14.8 Å². The first-order chi connectivity index (χ1) is 20.7. The highest BCUT2D eigenvalue weighted by atomic mass is 32.2. The van der Waals surface area contributed by atoms with E-state index in [1.165, 1.54) is 53.5 Å². The van der Waals surface area contributed by atoms with Crippen LogP contribution in [0.2, 0.25) is 0 Å². The third kappa shape index (κ3) is 6.80. The Morgan fingerprint density at radius 2 is 1.86 bits per heavy atom. The standard InChI is InChI=1S/C28H29F5N6O3S2/c1-26(2,28(31,32)33)17-42-22-11-15-39(37-22)24-23-19-8-4-5-9-20(19)27(29,30)12-6-3-7-13-34-21-16-18(10-14-35-21)44(40,41)38-25(36-23)43-24/h4-5,8-11,14-16H,3,6-7,12-13,17H2,1-2H3,(H,34,35)(H,36,38). The summed E-state index contributed by atoms with van der Waals surface area (Å²) in [5, 5.41) is 7.24. The van der Waals surface area contributed by atoms with Crippen LogP contribution in [0.25, 0.3) is 16.3 Å². The number of alkyl halides is 5. The number of hydrogen-bond donors (Lipinski definition) is 2. The molecule has 1 aromatic carbocycles. The van der Waals surface area contributed by atoms with Crippen molar-refractivity contribution in [2.24, 2.45) is 5.41 Å². The summed E-state index contributed by atoms with van der Waals surface area (Å²) in [5.41, 5.74) is -2.39. The summed E-state index contributed by atoms with van der Waals surface area (Å²) in [4.78, 5) is 8.46. The van der Waals surface area contributed by atoms with Crippen molar-refractivity contribution in [1.29, 1.82) is 0 Å². The topological polar surface area (TPSA) is 111 Å². The number of nitrogens with one attached hydrogen (secondary N) is 2. The molecule has 0 fully saturated rings. The van der Waals surface area contributed by atoms with Gasteiger partial charge in [-0.1, -0.05) is 42.0 Å². The molecule has 0 saturated carbocycles. The molecule has 0 unspecified atom stereocenters. The Morgan fingerprint density at radius 3 is 2.64 bits per heavy atom. The molecule has 16 heteroatoms. The van der Waals surface area contributed by atoms with Gasteiger partial charge in [0.1, 0.15) is 23.1 Å². The van der Waals surface area contributed by atoms with Crippen molar-refractivity contribution < 1.29 is 35.1 Å². The second kappa shape index (κ2) is 12.0. The molecular weight excluding hydrogens is 627 g/mol. The lowest BCUT2D eigenvalue weighted by molar-refractivity contribution is -0.219. The molecule has 1 aliphatic rings. The highest BCUT2D eigenvalue weighted by Crippen LogP contribution is 2.44. The lowest BCUT2D eigenvalue weighted by atomic mass is 9.94. The molecule has 4 bridgehead atoms. The van der Waals surface area contributed by atoms with Crippen LogP contribution in [0.5, 0.6) is 5.88 Å². The first-order valence-corrected chi connectivity index (χ1v) is 15.9.